The van der Waals surface area contributed by atoms with Crippen molar-refractivity contribution < 1.29 is 9.13 Å². The van der Waals surface area contributed by atoms with Gasteiger partial charge in [-0.3, -0.25) is 4.79 Å². The number of thioether (sulfide) groups is 1. The van der Waals surface area contributed by atoms with Crippen molar-refractivity contribution in [2.24, 2.45) is 5.92 Å². The Morgan fingerprint density at radius 2 is 2.00 bits per heavy atom. The maximum Gasteiger partial charge on any atom is 0.223 e. The van der Waals surface area contributed by atoms with Crippen molar-refractivity contribution in [1.82, 2.24) is 15.0 Å². The molecule has 0 saturated carbocycles. The third-order valence-corrected chi connectivity index (χ3v) is 6.69. The molecule has 4 aromatic rings. The van der Waals surface area contributed by atoms with E-state index >= 15 is 0 Å². The zero-order valence-electron chi connectivity index (χ0n) is 17.4. The fourth-order valence-corrected chi connectivity index (χ4v) is 5.19. The number of fused-ring (bicyclic) bond motifs is 1. The van der Waals surface area contributed by atoms with E-state index in [1.807, 2.05) is 20.8 Å². The number of aromatic amines is 1. The number of pyridine rings is 1. The Kier molecular flexibility index (Phi) is 6.38. The first-order valence-corrected chi connectivity index (χ1v) is 11.7. The second-order valence-electron chi connectivity index (χ2n) is 7.58. The number of nitrogens with zero attached hydrogens (tertiary/aromatic N) is 2. The topological polar surface area (TPSA) is 67.9 Å². The number of hydrogen-bond acceptors (Lipinski definition) is 6. The van der Waals surface area contributed by atoms with E-state index in [0.717, 1.165) is 36.9 Å². The van der Waals surface area contributed by atoms with Crippen molar-refractivity contribution in [3.05, 3.63) is 69.5 Å². The molecular weight excluding hydrogens is 433 g/mol. The summed E-state index contributed by atoms with van der Waals surface area (Å²) < 4.78 is 19.0. The van der Waals surface area contributed by atoms with E-state index in [1.165, 1.54) is 23.9 Å². The van der Waals surface area contributed by atoms with Gasteiger partial charge in [0.2, 0.25) is 5.43 Å². The van der Waals surface area contributed by atoms with E-state index in [1.54, 1.807) is 42.1 Å². The predicted molar refractivity (Wildman–Crippen MR) is 125 cm³/mol. The number of aromatic nitrogens is 3. The molecule has 0 saturated heterocycles. The van der Waals surface area contributed by atoms with Gasteiger partial charge in [0.05, 0.1) is 12.0 Å². The lowest BCUT2D eigenvalue weighted by Crippen LogP contribution is -2.13. The van der Waals surface area contributed by atoms with Gasteiger partial charge < -0.3 is 9.72 Å². The monoisotopic (exact) mass is 455 g/mol. The van der Waals surface area contributed by atoms with Crippen molar-refractivity contribution in [3.8, 4) is 16.9 Å². The summed E-state index contributed by atoms with van der Waals surface area (Å²) in [7, 11) is 0. The van der Waals surface area contributed by atoms with Gasteiger partial charge in [0.1, 0.15) is 22.0 Å². The summed E-state index contributed by atoms with van der Waals surface area (Å²) in [6.45, 7) is 6.61. The third kappa shape index (κ3) is 4.80. The highest BCUT2D eigenvalue weighted by Crippen LogP contribution is 2.41. The zero-order chi connectivity index (χ0) is 22.0. The maximum atomic E-state index is 13.4. The first kappa shape index (κ1) is 21.5. The van der Waals surface area contributed by atoms with Gasteiger partial charge >= 0.3 is 0 Å². The second-order valence-corrected chi connectivity index (χ2v) is 9.75. The highest BCUT2D eigenvalue weighted by atomic mass is 32.2. The van der Waals surface area contributed by atoms with E-state index in [2.05, 4.69) is 15.0 Å². The number of hydrogen-bond donors (Lipinski definition) is 1. The Balaban J connectivity index is 1.61. The average Bonchev–Trinajstić information content (AvgIpc) is 3.08. The van der Waals surface area contributed by atoms with Gasteiger partial charge in [0.15, 0.2) is 5.75 Å². The Morgan fingerprint density at radius 3 is 2.71 bits per heavy atom. The standard InChI is InChI=1S/C23H22FN3O2S2/c1-13(2)10-29-19-9-25-17(8-18(19)28)11-30-22-21-20(15-4-6-16(24)7-5-15)14(3)31-23(21)27-12-26-22/h4-9,12-13H,10-11H2,1-3H3,(H,25,28). The van der Waals surface area contributed by atoms with Crippen LogP contribution in [0.4, 0.5) is 4.39 Å². The van der Waals surface area contributed by atoms with Crippen LogP contribution in [0.5, 0.6) is 5.75 Å². The molecule has 5 nitrogen and oxygen atoms in total. The molecule has 0 aliphatic carbocycles. The average molecular weight is 456 g/mol. The molecule has 0 fully saturated rings. The third-order valence-electron chi connectivity index (χ3n) is 4.64. The molecule has 3 heterocycles. The molecule has 0 spiro atoms. The van der Waals surface area contributed by atoms with E-state index in [0.29, 0.717) is 24.0 Å². The predicted octanol–water partition coefficient (Wildman–Crippen LogP) is 5.82. The molecule has 1 N–H and O–H groups in total. The number of aryl methyl sites for hydroxylation is 1. The first-order valence-electron chi connectivity index (χ1n) is 9.89. The molecule has 0 amide bonds. The number of benzene rings is 1. The minimum atomic E-state index is -0.267. The molecule has 8 heteroatoms. The van der Waals surface area contributed by atoms with Crippen LogP contribution in [0.1, 0.15) is 24.4 Å². The molecule has 160 valence electrons. The molecular formula is C23H22FN3O2S2. The fraction of sp³-hybridized carbons (Fsp3) is 0.261. The van der Waals surface area contributed by atoms with Crippen LogP contribution in [0, 0.1) is 18.7 Å². The lowest BCUT2D eigenvalue weighted by atomic mass is 10.0. The summed E-state index contributed by atoms with van der Waals surface area (Å²) in [5, 5.41) is 1.79. The Hall–Kier alpha value is -2.71. The van der Waals surface area contributed by atoms with Crippen LogP contribution in [0.25, 0.3) is 21.3 Å². The van der Waals surface area contributed by atoms with Crippen molar-refractivity contribution in [1.29, 1.82) is 0 Å². The fourth-order valence-electron chi connectivity index (χ4n) is 3.19. The molecule has 0 bridgehead atoms. The molecule has 0 aliphatic rings. The summed E-state index contributed by atoms with van der Waals surface area (Å²) in [4.78, 5) is 26.4. The van der Waals surface area contributed by atoms with Crippen LogP contribution in [0.3, 0.4) is 0 Å². The maximum absolute atomic E-state index is 13.4. The van der Waals surface area contributed by atoms with Crippen LogP contribution in [-0.2, 0) is 5.75 Å². The van der Waals surface area contributed by atoms with Crippen LogP contribution in [0.2, 0.25) is 0 Å². The lowest BCUT2D eigenvalue weighted by Gasteiger charge is -2.09. The first-order chi connectivity index (χ1) is 14.9. The molecule has 0 radical (unpaired) electrons. The molecule has 0 atom stereocenters. The number of thiophene rings is 1. The van der Waals surface area contributed by atoms with Crippen molar-refractivity contribution in [2.75, 3.05) is 6.61 Å². The highest BCUT2D eigenvalue weighted by Gasteiger charge is 2.17. The summed E-state index contributed by atoms with van der Waals surface area (Å²) >= 11 is 3.12. The summed E-state index contributed by atoms with van der Waals surface area (Å²) in [6, 6.07) is 8.04. The van der Waals surface area contributed by atoms with Crippen LogP contribution < -0.4 is 10.2 Å². The van der Waals surface area contributed by atoms with Gasteiger partial charge in [-0.25, -0.2) is 14.4 Å². The Labute approximate surface area is 187 Å². The van der Waals surface area contributed by atoms with Gasteiger partial charge in [-0.1, -0.05) is 37.7 Å². The van der Waals surface area contributed by atoms with Crippen LogP contribution in [0.15, 0.2) is 52.7 Å². The van der Waals surface area contributed by atoms with Gasteiger partial charge in [-0.15, -0.1) is 11.3 Å². The normalized spacial score (nSPS) is 11.4. The molecule has 3 aromatic heterocycles. The van der Waals surface area contributed by atoms with Crippen molar-refractivity contribution in [3.63, 3.8) is 0 Å². The number of H-pyrrole nitrogens is 1. The second kappa shape index (κ2) is 9.20. The van der Waals surface area contributed by atoms with E-state index in [9.17, 15) is 9.18 Å². The zero-order valence-corrected chi connectivity index (χ0v) is 19.1. The van der Waals surface area contributed by atoms with E-state index in [4.69, 9.17) is 4.74 Å². The smallest absolute Gasteiger partial charge is 0.223 e. The number of nitrogens with one attached hydrogen (secondary N) is 1. The minimum Gasteiger partial charge on any atom is -0.488 e. The van der Waals surface area contributed by atoms with Gasteiger partial charge in [0, 0.05) is 34.2 Å². The van der Waals surface area contributed by atoms with Crippen molar-refractivity contribution >= 4 is 33.3 Å². The van der Waals surface area contributed by atoms with E-state index < -0.39 is 0 Å². The molecule has 0 unspecified atom stereocenters. The molecule has 31 heavy (non-hydrogen) atoms. The molecule has 1 aromatic carbocycles. The molecule has 0 aliphatic heterocycles. The van der Waals surface area contributed by atoms with Crippen LogP contribution in [-0.4, -0.2) is 21.6 Å². The summed E-state index contributed by atoms with van der Waals surface area (Å²) in [6.07, 6.45) is 3.18. The van der Waals surface area contributed by atoms with Gasteiger partial charge in [-0.05, 0) is 30.5 Å². The van der Waals surface area contributed by atoms with Gasteiger partial charge in [-0.2, -0.15) is 0 Å². The highest BCUT2D eigenvalue weighted by molar-refractivity contribution is 7.98. The van der Waals surface area contributed by atoms with E-state index in [-0.39, 0.29) is 11.2 Å². The quantitative estimate of drug-likeness (QED) is 0.281. The van der Waals surface area contributed by atoms with Gasteiger partial charge in [0.25, 0.3) is 0 Å². The Morgan fingerprint density at radius 1 is 1.23 bits per heavy atom. The largest absolute Gasteiger partial charge is 0.488 e. The van der Waals surface area contributed by atoms with Crippen molar-refractivity contribution in [2.45, 2.75) is 31.6 Å². The molecule has 4 rings (SSSR count). The number of ether oxygens (including phenoxy) is 1. The summed E-state index contributed by atoms with van der Waals surface area (Å²) in [5.74, 6) is 0.957. The Bertz CT molecular complexity index is 1270. The summed E-state index contributed by atoms with van der Waals surface area (Å²) in [5.41, 5.74) is 2.60. The number of rotatable bonds is 7. The van der Waals surface area contributed by atoms with Crippen LogP contribution >= 0.6 is 23.1 Å². The SMILES string of the molecule is Cc1sc2ncnc(SCc3cc(=O)c(OCC(C)C)c[nH]3)c2c1-c1ccc(F)cc1. The minimum absolute atomic E-state index is 0.138. The number of halogens is 1. The lowest BCUT2D eigenvalue weighted by molar-refractivity contribution is 0.268.